The number of aromatic nitrogens is 3. The summed E-state index contributed by atoms with van der Waals surface area (Å²) in [7, 11) is 1.51. The molecule has 0 spiro atoms. The van der Waals surface area contributed by atoms with Gasteiger partial charge in [0.2, 0.25) is 5.28 Å². The first-order chi connectivity index (χ1) is 16.6. The molecule has 1 unspecified atom stereocenters. The third-order valence-corrected chi connectivity index (χ3v) is 5.16. The SMILES string of the molecule is COCC(COc1c(Cl)nc(Cl)nc1NCCc1c[nH]c2cc(F)ccc12)NC(=O)OC(C)(C)C. The Bertz CT molecular complexity index is 1170. The lowest BCUT2D eigenvalue weighted by molar-refractivity contribution is 0.0438. The van der Waals surface area contributed by atoms with E-state index in [0.29, 0.717) is 18.8 Å². The Kier molecular flexibility index (Phi) is 8.98. The van der Waals surface area contributed by atoms with Crippen LogP contribution in [0.1, 0.15) is 26.3 Å². The maximum absolute atomic E-state index is 13.4. The first kappa shape index (κ1) is 26.8. The summed E-state index contributed by atoms with van der Waals surface area (Å²) in [5, 5.41) is 6.77. The van der Waals surface area contributed by atoms with E-state index in [9.17, 15) is 9.18 Å². The van der Waals surface area contributed by atoms with Gasteiger partial charge in [-0.15, -0.1) is 0 Å². The number of hydrogen-bond donors (Lipinski definition) is 3. The summed E-state index contributed by atoms with van der Waals surface area (Å²) in [4.78, 5) is 23.4. The number of aromatic amines is 1. The van der Waals surface area contributed by atoms with Crippen molar-refractivity contribution < 1.29 is 23.4 Å². The molecule has 0 saturated heterocycles. The van der Waals surface area contributed by atoms with Crippen molar-refractivity contribution in [2.45, 2.75) is 38.8 Å². The average molecular weight is 528 g/mol. The highest BCUT2D eigenvalue weighted by molar-refractivity contribution is 6.33. The van der Waals surface area contributed by atoms with Crippen LogP contribution in [-0.2, 0) is 15.9 Å². The fourth-order valence-corrected chi connectivity index (χ4v) is 3.75. The molecule has 0 bridgehead atoms. The number of ether oxygens (including phenoxy) is 3. The molecule has 2 aromatic heterocycles. The summed E-state index contributed by atoms with van der Waals surface area (Å²) in [6.07, 6.45) is 1.84. The molecule has 35 heavy (non-hydrogen) atoms. The van der Waals surface area contributed by atoms with Crippen LogP contribution in [0.5, 0.6) is 5.75 Å². The van der Waals surface area contributed by atoms with Crippen molar-refractivity contribution in [1.82, 2.24) is 20.3 Å². The van der Waals surface area contributed by atoms with E-state index >= 15 is 0 Å². The minimum atomic E-state index is -0.647. The average Bonchev–Trinajstić information content (AvgIpc) is 3.13. The van der Waals surface area contributed by atoms with E-state index in [4.69, 9.17) is 37.4 Å². The zero-order chi connectivity index (χ0) is 25.6. The van der Waals surface area contributed by atoms with Gasteiger partial charge in [0, 0.05) is 30.8 Å². The van der Waals surface area contributed by atoms with Gasteiger partial charge in [-0.2, -0.15) is 4.98 Å². The maximum atomic E-state index is 13.4. The van der Waals surface area contributed by atoms with Gasteiger partial charge in [-0.3, -0.25) is 0 Å². The van der Waals surface area contributed by atoms with Gasteiger partial charge in [0.25, 0.3) is 0 Å². The monoisotopic (exact) mass is 527 g/mol. The molecule has 0 aliphatic rings. The molecule has 9 nitrogen and oxygen atoms in total. The number of hydrogen-bond acceptors (Lipinski definition) is 7. The van der Waals surface area contributed by atoms with E-state index in [1.807, 2.05) is 6.20 Å². The number of fused-ring (bicyclic) bond motifs is 1. The van der Waals surface area contributed by atoms with Gasteiger partial charge in [0.15, 0.2) is 16.7 Å². The summed E-state index contributed by atoms with van der Waals surface area (Å²) in [5.41, 5.74) is 1.08. The van der Waals surface area contributed by atoms with Crippen molar-refractivity contribution in [2.75, 3.05) is 32.2 Å². The van der Waals surface area contributed by atoms with Crippen LogP contribution in [0.2, 0.25) is 10.4 Å². The molecule has 0 aliphatic heterocycles. The van der Waals surface area contributed by atoms with Crippen molar-refractivity contribution in [3.8, 4) is 5.75 Å². The number of nitrogens with one attached hydrogen (secondary N) is 3. The van der Waals surface area contributed by atoms with Crippen molar-refractivity contribution in [3.63, 3.8) is 0 Å². The van der Waals surface area contributed by atoms with Crippen LogP contribution in [0.3, 0.4) is 0 Å². The lowest BCUT2D eigenvalue weighted by atomic mass is 10.1. The van der Waals surface area contributed by atoms with Gasteiger partial charge in [-0.05, 0) is 62.6 Å². The second-order valence-corrected chi connectivity index (χ2v) is 9.45. The van der Waals surface area contributed by atoms with Crippen molar-refractivity contribution in [2.24, 2.45) is 0 Å². The van der Waals surface area contributed by atoms with Crippen LogP contribution in [0, 0.1) is 5.82 Å². The molecule has 3 aromatic rings. The Hall–Kier alpha value is -2.82. The van der Waals surface area contributed by atoms with Crippen LogP contribution in [0.15, 0.2) is 24.4 Å². The van der Waals surface area contributed by atoms with E-state index in [-0.39, 0.29) is 35.2 Å². The lowest BCUT2D eigenvalue weighted by Crippen LogP contribution is -2.44. The Balaban J connectivity index is 1.66. The number of nitrogens with zero attached hydrogens (tertiary/aromatic N) is 2. The number of H-pyrrole nitrogens is 1. The van der Waals surface area contributed by atoms with E-state index in [0.717, 1.165) is 16.5 Å². The first-order valence-electron chi connectivity index (χ1n) is 10.9. The largest absolute Gasteiger partial charge is 0.485 e. The third kappa shape index (κ3) is 7.84. The van der Waals surface area contributed by atoms with Crippen molar-refractivity contribution in [1.29, 1.82) is 0 Å². The number of methoxy groups -OCH3 is 1. The standard InChI is InChI=1S/C23H28Cl2FN5O4/c1-23(2,3)35-22(32)29-15(11-33-4)12-34-18-19(24)30-21(25)31-20(18)27-8-7-13-10-28-17-9-14(26)5-6-16(13)17/h5-6,9-10,15,28H,7-8,11-12H2,1-4H3,(H,29,32)(H,27,30,31). The Morgan fingerprint density at radius 2 is 2.00 bits per heavy atom. The topological polar surface area (TPSA) is 110 Å². The summed E-state index contributed by atoms with van der Waals surface area (Å²) < 4.78 is 29.8. The second-order valence-electron chi connectivity index (χ2n) is 8.75. The minimum absolute atomic E-state index is 0.0144. The van der Waals surface area contributed by atoms with Gasteiger partial charge in [-0.25, -0.2) is 14.2 Å². The lowest BCUT2D eigenvalue weighted by Gasteiger charge is -2.24. The number of benzene rings is 1. The summed E-state index contributed by atoms with van der Waals surface area (Å²) >= 11 is 12.3. The fourth-order valence-electron chi connectivity index (χ4n) is 3.32. The Morgan fingerprint density at radius 1 is 1.23 bits per heavy atom. The minimum Gasteiger partial charge on any atom is -0.485 e. The molecule has 2 heterocycles. The van der Waals surface area contributed by atoms with E-state index in [2.05, 4.69) is 25.6 Å². The number of carbonyl (C=O) groups excluding carboxylic acids is 1. The van der Waals surface area contributed by atoms with Gasteiger partial charge in [-0.1, -0.05) is 11.6 Å². The molecule has 0 fully saturated rings. The molecule has 0 aliphatic carbocycles. The van der Waals surface area contributed by atoms with Crippen molar-refractivity contribution in [3.05, 3.63) is 46.2 Å². The molecule has 0 radical (unpaired) electrons. The maximum Gasteiger partial charge on any atom is 0.408 e. The second kappa shape index (κ2) is 11.7. The van der Waals surface area contributed by atoms with E-state index in [1.165, 1.54) is 19.2 Å². The molecular weight excluding hydrogens is 500 g/mol. The third-order valence-electron chi connectivity index (χ3n) is 4.73. The van der Waals surface area contributed by atoms with Crippen molar-refractivity contribution >= 4 is 46.0 Å². The molecule has 1 atom stereocenters. The number of anilines is 1. The smallest absolute Gasteiger partial charge is 0.408 e. The van der Waals surface area contributed by atoms with Crippen LogP contribution in [-0.4, -0.2) is 59.6 Å². The zero-order valence-electron chi connectivity index (χ0n) is 19.9. The molecule has 0 saturated carbocycles. The molecule has 3 N–H and O–H groups in total. The molecule has 1 amide bonds. The van der Waals surface area contributed by atoms with Crippen LogP contribution in [0.4, 0.5) is 15.0 Å². The quantitative estimate of drug-likeness (QED) is 0.252. The highest BCUT2D eigenvalue weighted by atomic mass is 35.5. The molecule has 3 rings (SSSR count). The Labute approximate surface area is 212 Å². The molecule has 1 aromatic carbocycles. The number of alkyl carbamates (subject to hydrolysis) is 1. The highest BCUT2D eigenvalue weighted by Crippen LogP contribution is 2.31. The van der Waals surface area contributed by atoms with Gasteiger partial charge in [0.1, 0.15) is 18.0 Å². The van der Waals surface area contributed by atoms with Crippen LogP contribution >= 0.6 is 23.2 Å². The highest BCUT2D eigenvalue weighted by Gasteiger charge is 2.22. The molecule has 190 valence electrons. The van der Waals surface area contributed by atoms with Gasteiger partial charge in [0.05, 0.1) is 12.6 Å². The van der Waals surface area contributed by atoms with E-state index < -0.39 is 17.7 Å². The van der Waals surface area contributed by atoms with Crippen LogP contribution < -0.4 is 15.4 Å². The fraction of sp³-hybridized carbons (Fsp3) is 0.435. The van der Waals surface area contributed by atoms with Gasteiger partial charge < -0.3 is 29.8 Å². The van der Waals surface area contributed by atoms with Gasteiger partial charge >= 0.3 is 6.09 Å². The van der Waals surface area contributed by atoms with E-state index in [1.54, 1.807) is 26.8 Å². The molecular formula is C23H28Cl2FN5O4. The first-order valence-corrected chi connectivity index (χ1v) is 11.6. The summed E-state index contributed by atoms with van der Waals surface area (Å²) in [5.74, 6) is 0.183. The number of halogens is 3. The summed E-state index contributed by atoms with van der Waals surface area (Å²) in [6, 6.07) is 4.08. The van der Waals surface area contributed by atoms with Crippen LogP contribution in [0.25, 0.3) is 10.9 Å². The zero-order valence-corrected chi connectivity index (χ0v) is 21.4. The predicted molar refractivity (Wildman–Crippen MR) is 133 cm³/mol. The summed E-state index contributed by atoms with van der Waals surface area (Å²) in [6.45, 7) is 5.96. The molecule has 12 heteroatoms. The number of rotatable bonds is 10. The number of amides is 1. The predicted octanol–water partition coefficient (Wildman–Crippen LogP) is 4.98. The normalized spacial score (nSPS) is 12.4. The number of carbonyl (C=O) groups is 1. The Morgan fingerprint density at radius 3 is 2.71 bits per heavy atom.